The van der Waals surface area contributed by atoms with Gasteiger partial charge in [0.15, 0.2) is 0 Å². The van der Waals surface area contributed by atoms with Crippen LogP contribution in [0.1, 0.15) is 17.3 Å². The number of likely N-dealkylation sites (N-methyl/N-ethyl adjacent to an activating group) is 1. The highest BCUT2D eigenvalue weighted by Crippen LogP contribution is 2.12. The quantitative estimate of drug-likeness (QED) is 0.509. The Kier molecular flexibility index (Phi) is 5.72. The third kappa shape index (κ3) is 4.07. The van der Waals surface area contributed by atoms with Gasteiger partial charge in [0.2, 0.25) is 0 Å². The molecule has 0 fully saturated rings. The van der Waals surface area contributed by atoms with E-state index in [0.29, 0.717) is 18.7 Å². The molecule has 0 bridgehead atoms. The van der Waals surface area contributed by atoms with Gasteiger partial charge in [-0.2, -0.15) is 5.06 Å². The van der Waals surface area contributed by atoms with Crippen molar-refractivity contribution in [3.05, 3.63) is 33.4 Å². The summed E-state index contributed by atoms with van der Waals surface area (Å²) in [7, 11) is 0. The molecule has 0 amide bonds. The highest BCUT2D eigenvalue weighted by atomic mass is 127. The van der Waals surface area contributed by atoms with Gasteiger partial charge in [0.05, 0.1) is 12.1 Å². The molecule has 1 N–H and O–H groups in total. The van der Waals surface area contributed by atoms with Gasteiger partial charge in [0.1, 0.15) is 6.61 Å². The smallest absolute Gasteiger partial charge is 0.339 e. The van der Waals surface area contributed by atoms with Gasteiger partial charge in [-0.15, -0.1) is 0 Å². The van der Waals surface area contributed by atoms with Gasteiger partial charge in [0, 0.05) is 10.1 Å². The topological polar surface area (TPSA) is 49.8 Å². The molecule has 0 atom stereocenters. The van der Waals surface area contributed by atoms with Gasteiger partial charge in [-0.1, -0.05) is 19.1 Å². The number of esters is 1. The largest absolute Gasteiger partial charge is 0.461 e. The summed E-state index contributed by atoms with van der Waals surface area (Å²) in [6, 6.07) is 7.23. The molecule has 5 heteroatoms. The second-order valence-electron chi connectivity index (χ2n) is 3.16. The lowest BCUT2D eigenvalue weighted by atomic mass is 10.2. The Morgan fingerprint density at radius 1 is 1.50 bits per heavy atom. The zero-order valence-electron chi connectivity index (χ0n) is 9.02. The highest BCUT2D eigenvalue weighted by molar-refractivity contribution is 14.1. The average Bonchev–Trinajstić information content (AvgIpc) is 2.29. The summed E-state index contributed by atoms with van der Waals surface area (Å²) in [6.07, 6.45) is 0. The van der Waals surface area contributed by atoms with E-state index in [9.17, 15) is 4.79 Å². The molecule has 1 aromatic carbocycles. The van der Waals surface area contributed by atoms with Crippen molar-refractivity contribution in [3.63, 3.8) is 0 Å². The fourth-order valence-corrected chi connectivity index (χ4v) is 1.71. The summed E-state index contributed by atoms with van der Waals surface area (Å²) in [5.41, 5.74) is 0.559. The Bertz CT molecular complexity index is 357. The van der Waals surface area contributed by atoms with Gasteiger partial charge in [0.25, 0.3) is 0 Å². The minimum absolute atomic E-state index is 0.189. The molecule has 0 radical (unpaired) electrons. The molecule has 0 saturated carbocycles. The zero-order chi connectivity index (χ0) is 12.0. The SMILES string of the molecule is CCN(O)CCOC(=O)c1ccccc1I. The summed E-state index contributed by atoms with van der Waals surface area (Å²) < 4.78 is 5.90. The summed E-state index contributed by atoms with van der Waals surface area (Å²) >= 11 is 2.09. The van der Waals surface area contributed by atoms with Crippen molar-refractivity contribution < 1.29 is 14.7 Å². The van der Waals surface area contributed by atoms with Crippen molar-refractivity contribution >= 4 is 28.6 Å². The van der Waals surface area contributed by atoms with Crippen molar-refractivity contribution in [3.8, 4) is 0 Å². The van der Waals surface area contributed by atoms with Gasteiger partial charge in [-0.05, 0) is 34.7 Å². The molecular formula is C11H14INO3. The Morgan fingerprint density at radius 2 is 2.19 bits per heavy atom. The number of carbonyl (C=O) groups excluding carboxylic acids is 1. The van der Waals surface area contributed by atoms with Gasteiger partial charge in [-0.3, -0.25) is 0 Å². The number of hydrogen-bond acceptors (Lipinski definition) is 4. The van der Waals surface area contributed by atoms with Crippen LogP contribution in [0.4, 0.5) is 0 Å². The lowest BCUT2D eigenvalue weighted by Crippen LogP contribution is -2.24. The minimum Gasteiger partial charge on any atom is -0.461 e. The number of rotatable bonds is 5. The molecule has 0 unspecified atom stereocenters. The highest BCUT2D eigenvalue weighted by Gasteiger charge is 2.10. The van der Waals surface area contributed by atoms with Crippen LogP contribution >= 0.6 is 22.6 Å². The number of ether oxygens (including phenoxy) is 1. The monoisotopic (exact) mass is 335 g/mol. The molecule has 1 rings (SSSR count). The number of halogens is 1. The van der Waals surface area contributed by atoms with E-state index in [2.05, 4.69) is 22.6 Å². The molecule has 0 aliphatic rings. The van der Waals surface area contributed by atoms with Crippen LogP contribution in [0, 0.1) is 3.57 Å². The summed E-state index contributed by atoms with van der Waals surface area (Å²) in [5, 5.41) is 10.2. The average molecular weight is 335 g/mol. The molecule has 0 spiro atoms. The minimum atomic E-state index is -0.352. The van der Waals surface area contributed by atoms with Crippen LogP contribution < -0.4 is 0 Å². The fraction of sp³-hybridized carbons (Fsp3) is 0.364. The lowest BCUT2D eigenvalue weighted by molar-refractivity contribution is -0.0952. The predicted molar refractivity (Wildman–Crippen MR) is 68.5 cm³/mol. The maximum Gasteiger partial charge on any atom is 0.339 e. The third-order valence-electron chi connectivity index (χ3n) is 2.04. The van der Waals surface area contributed by atoms with Crippen LogP contribution in [0.2, 0.25) is 0 Å². The Balaban J connectivity index is 2.44. The third-order valence-corrected chi connectivity index (χ3v) is 2.98. The number of carbonyl (C=O) groups is 1. The number of hydrogen-bond donors (Lipinski definition) is 1. The van der Waals surface area contributed by atoms with E-state index in [4.69, 9.17) is 9.94 Å². The normalized spacial score (nSPS) is 10.5. The molecule has 4 nitrogen and oxygen atoms in total. The zero-order valence-corrected chi connectivity index (χ0v) is 11.2. The van der Waals surface area contributed by atoms with E-state index in [0.717, 1.165) is 8.63 Å². The van der Waals surface area contributed by atoms with Gasteiger partial charge in [-0.25, -0.2) is 4.79 Å². The molecule has 0 aliphatic heterocycles. The molecule has 88 valence electrons. The molecule has 0 heterocycles. The maximum absolute atomic E-state index is 11.6. The van der Waals surface area contributed by atoms with Crippen molar-refractivity contribution in [1.29, 1.82) is 0 Å². The molecule has 0 saturated heterocycles. The first kappa shape index (κ1) is 13.4. The summed E-state index contributed by atoms with van der Waals surface area (Å²) in [6.45, 7) is 2.85. The maximum atomic E-state index is 11.6. The van der Waals surface area contributed by atoms with E-state index in [1.807, 2.05) is 19.1 Å². The number of nitrogens with zero attached hydrogens (tertiary/aromatic N) is 1. The van der Waals surface area contributed by atoms with E-state index in [1.54, 1.807) is 12.1 Å². The molecule has 1 aromatic rings. The van der Waals surface area contributed by atoms with E-state index >= 15 is 0 Å². The lowest BCUT2D eigenvalue weighted by Gasteiger charge is -2.12. The second-order valence-corrected chi connectivity index (χ2v) is 4.32. The second kappa shape index (κ2) is 6.82. The Labute approximate surface area is 108 Å². The van der Waals surface area contributed by atoms with Crippen molar-refractivity contribution in [2.24, 2.45) is 0 Å². The first-order valence-corrected chi connectivity index (χ1v) is 6.08. The van der Waals surface area contributed by atoms with Crippen LogP contribution in [-0.2, 0) is 4.74 Å². The van der Waals surface area contributed by atoms with Crippen LogP contribution in [0.25, 0.3) is 0 Å². The van der Waals surface area contributed by atoms with Gasteiger partial charge >= 0.3 is 5.97 Å². The predicted octanol–water partition coefficient (Wildman–Crippen LogP) is 2.16. The Morgan fingerprint density at radius 3 is 2.81 bits per heavy atom. The number of hydroxylamine groups is 2. The van der Waals surface area contributed by atoms with E-state index < -0.39 is 0 Å². The summed E-state index contributed by atoms with van der Waals surface area (Å²) in [4.78, 5) is 11.6. The van der Waals surface area contributed by atoms with Crippen LogP contribution in [0.5, 0.6) is 0 Å². The molecule has 0 aromatic heterocycles. The van der Waals surface area contributed by atoms with Crippen molar-refractivity contribution in [1.82, 2.24) is 5.06 Å². The van der Waals surface area contributed by atoms with Crippen LogP contribution in [-0.4, -0.2) is 35.9 Å². The van der Waals surface area contributed by atoms with Crippen molar-refractivity contribution in [2.75, 3.05) is 19.7 Å². The van der Waals surface area contributed by atoms with Crippen LogP contribution in [0.3, 0.4) is 0 Å². The first-order valence-electron chi connectivity index (χ1n) is 5.00. The van der Waals surface area contributed by atoms with Crippen molar-refractivity contribution in [2.45, 2.75) is 6.92 Å². The summed E-state index contributed by atoms with van der Waals surface area (Å²) in [5.74, 6) is -0.352. The fourth-order valence-electron chi connectivity index (χ4n) is 1.11. The van der Waals surface area contributed by atoms with E-state index in [-0.39, 0.29) is 12.6 Å². The van der Waals surface area contributed by atoms with Crippen LogP contribution in [0.15, 0.2) is 24.3 Å². The Hall–Kier alpha value is -0.660. The van der Waals surface area contributed by atoms with Gasteiger partial charge < -0.3 is 9.94 Å². The molecular weight excluding hydrogens is 321 g/mol. The first-order chi connectivity index (χ1) is 7.65. The van der Waals surface area contributed by atoms with E-state index in [1.165, 1.54) is 0 Å². The standard InChI is InChI=1S/C11H14INO3/c1-2-13(15)7-8-16-11(14)9-5-3-4-6-10(9)12/h3-6,15H,2,7-8H2,1H3. The number of benzene rings is 1. The molecule has 16 heavy (non-hydrogen) atoms. The molecule has 0 aliphatic carbocycles.